The fourth-order valence-corrected chi connectivity index (χ4v) is 2.81. The minimum Gasteiger partial charge on any atom is -0.481 e. The van der Waals surface area contributed by atoms with Gasteiger partial charge in [-0.2, -0.15) is 0 Å². The third kappa shape index (κ3) is 2.47. The van der Waals surface area contributed by atoms with E-state index >= 15 is 0 Å². The fourth-order valence-electron chi connectivity index (χ4n) is 1.42. The molecule has 0 unspecified atom stereocenters. The van der Waals surface area contributed by atoms with Gasteiger partial charge in [-0.15, -0.1) is 11.3 Å². The van der Waals surface area contributed by atoms with Crippen molar-refractivity contribution in [2.45, 2.75) is 19.3 Å². The highest BCUT2D eigenvalue weighted by Crippen LogP contribution is 2.31. The van der Waals surface area contributed by atoms with Gasteiger partial charge < -0.3 is 5.11 Å². The zero-order valence-corrected chi connectivity index (χ0v) is 12.4. The van der Waals surface area contributed by atoms with Gasteiger partial charge in [-0.25, -0.2) is 4.98 Å². The lowest BCUT2D eigenvalue weighted by atomic mass is 9.90. The molecule has 0 saturated carbocycles. The van der Waals surface area contributed by atoms with Gasteiger partial charge in [-0.05, 0) is 26.0 Å². The van der Waals surface area contributed by atoms with E-state index in [2.05, 4.69) is 20.9 Å². The molecule has 0 amide bonds. The van der Waals surface area contributed by atoms with Crippen molar-refractivity contribution in [3.05, 3.63) is 39.8 Å². The van der Waals surface area contributed by atoms with Gasteiger partial charge in [0, 0.05) is 15.4 Å². The summed E-state index contributed by atoms with van der Waals surface area (Å²) in [7, 11) is 0. The van der Waals surface area contributed by atoms with E-state index in [0.717, 1.165) is 15.0 Å². The van der Waals surface area contributed by atoms with Crippen LogP contribution in [0.4, 0.5) is 0 Å². The predicted molar refractivity (Wildman–Crippen MR) is 75.9 cm³/mol. The molecular formula is C13H12BrNO2S. The molecule has 0 aliphatic carbocycles. The number of halogens is 1. The number of aliphatic carboxylic acids is 1. The molecule has 3 nitrogen and oxygen atoms in total. The molecule has 0 aliphatic rings. The van der Waals surface area contributed by atoms with E-state index < -0.39 is 11.4 Å². The van der Waals surface area contributed by atoms with Crippen molar-refractivity contribution >= 4 is 33.2 Å². The quantitative estimate of drug-likeness (QED) is 0.929. The van der Waals surface area contributed by atoms with Crippen molar-refractivity contribution in [2.24, 2.45) is 0 Å². The molecular weight excluding hydrogens is 314 g/mol. The summed E-state index contributed by atoms with van der Waals surface area (Å²) in [6.07, 6.45) is 0. The van der Waals surface area contributed by atoms with E-state index in [-0.39, 0.29) is 0 Å². The predicted octanol–water partition coefficient (Wildman–Crippen LogP) is 3.93. The summed E-state index contributed by atoms with van der Waals surface area (Å²) in [4.78, 5) is 15.6. The average Bonchev–Trinajstić information content (AvgIpc) is 2.78. The first kappa shape index (κ1) is 13.2. The van der Waals surface area contributed by atoms with Gasteiger partial charge >= 0.3 is 5.97 Å². The van der Waals surface area contributed by atoms with Crippen molar-refractivity contribution in [3.8, 4) is 10.6 Å². The van der Waals surface area contributed by atoms with Crippen LogP contribution >= 0.6 is 27.3 Å². The Bertz CT molecular complexity index is 592. The Morgan fingerprint density at radius 3 is 2.78 bits per heavy atom. The molecule has 1 aromatic carbocycles. The highest BCUT2D eigenvalue weighted by molar-refractivity contribution is 9.10. The van der Waals surface area contributed by atoms with Crippen LogP contribution in [0.15, 0.2) is 34.1 Å². The van der Waals surface area contributed by atoms with Crippen LogP contribution in [-0.2, 0) is 10.2 Å². The molecule has 94 valence electrons. The van der Waals surface area contributed by atoms with Crippen LogP contribution in [0, 0.1) is 0 Å². The number of carbonyl (C=O) groups is 1. The second-order valence-corrected chi connectivity index (χ2v) is 6.25. The molecule has 5 heteroatoms. The van der Waals surface area contributed by atoms with Crippen molar-refractivity contribution in [3.63, 3.8) is 0 Å². The van der Waals surface area contributed by atoms with E-state index in [1.807, 2.05) is 29.6 Å². The Morgan fingerprint density at radius 2 is 2.17 bits per heavy atom. The zero-order chi connectivity index (χ0) is 13.3. The highest BCUT2D eigenvalue weighted by atomic mass is 79.9. The van der Waals surface area contributed by atoms with Crippen LogP contribution < -0.4 is 0 Å². The van der Waals surface area contributed by atoms with E-state index in [4.69, 9.17) is 0 Å². The molecule has 2 rings (SSSR count). The summed E-state index contributed by atoms with van der Waals surface area (Å²) in [5, 5.41) is 11.8. The smallest absolute Gasteiger partial charge is 0.315 e. The monoisotopic (exact) mass is 325 g/mol. The number of carboxylic acids is 1. The SMILES string of the molecule is CC(C)(C(=O)O)c1csc(-c2cccc(Br)c2)n1. The number of nitrogens with zero attached hydrogens (tertiary/aromatic N) is 1. The van der Waals surface area contributed by atoms with Gasteiger partial charge in [0.1, 0.15) is 10.4 Å². The Hall–Kier alpha value is -1.20. The van der Waals surface area contributed by atoms with Gasteiger partial charge in [0.2, 0.25) is 0 Å². The molecule has 1 heterocycles. The molecule has 18 heavy (non-hydrogen) atoms. The van der Waals surface area contributed by atoms with Crippen LogP contribution in [0.25, 0.3) is 10.6 Å². The molecule has 0 fully saturated rings. The fraction of sp³-hybridized carbons (Fsp3) is 0.231. The van der Waals surface area contributed by atoms with Gasteiger partial charge in [0.05, 0.1) is 5.69 Å². The van der Waals surface area contributed by atoms with Crippen molar-refractivity contribution in [1.82, 2.24) is 4.98 Å². The maximum atomic E-state index is 11.2. The Kier molecular flexibility index (Phi) is 3.54. The van der Waals surface area contributed by atoms with Crippen LogP contribution in [0.3, 0.4) is 0 Å². The van der Waals surface area contributed by atoms with Crippen LogP contribution in [0.5, 0.6) is 0 Å². The molecule has 2 aromatic rings. The molecule has 0 radical (unpaired) electrons. The Labute approximate surface area is 118 Å². The lowest BCUT2D eigenvalue weighted by molar-refractivity contribution is -0.142. The van der Waals surface area contributed by atoms with Gasteiger partial charge in [-0.3, -0.25) is 4.79 Å². The lowest BCUT2D eigenvalue weighted by Crippen LogP contribution is -2.28. The van der Waals surface area contributed by atoms with E-state index in [1.165, 1.54) is 11.3 Å². The van der Waals surface area contributed by atoms with Crippen molar-refractivity contribution in [2.75, 3.05) is 0 Å². The topological polar surface area (TPSA) is 50.2 Å². The first-order valence-corrected chi connectivity index (χ1v) is 7.04. The highest BCUT2D eigenvalue weighted by Gasteiger charge is 2.32. The van der Waals surface area contributed by atoms with E-state index in [0.29, 0.717) is 5.69 Å². The summed E-state index contributed by atoms with van der Waals surface area (Å²) in [6.45, 7) is 3.32. The first-order valence-electron chi connectivity index (χ1n) is 5.36. The standard InChI is InChI=1S/C13H12BrNO2S/c1-13(2,12(16)17)10-7-18-11(15-10)8-4-3-5-9(14)6-8/h3-7H,1-2H3,(H,16,17). The Morgan fingerprint density at radius 1 is 1.44 bits per heavy atom. The normalized spacial score (nSPS) is 11.5. The van der Waals surface area contributed by atoms with E-state index in [1.54, 1.807) is 13.8 Å². The molecule has 0 bridgehead atoms. The molecule has 0 saturated heterocycles. The van der Waals surface area contributed by atoms with Gasteiger partial charge in [0.25, 0.3) is 0 Å². The number of benzene rings is 1. The van der Waals surface area contributed by atoms with Crippen LogP contribution in [0.2, 0.25) is 0 Å². The van der Waals surface area contributed by atoms with Crippen LogP contribution in [-0.4, -0.2) is 16.1 Å². The number of carboxylic acid groups (broad SMARTS) is 1. The van der Waals surface area contributed by atoms with E-state index in [9.17, 15) is 9.90 Å². The minimum atomic E-state index is -0.958. The van der Waals surface area contributed by atoms with Crippen LogP contribution in [0.1, 0.15) is 19.5 Å². The molecule has 0 aliphatic heterocycles. The number of thiazole rings is 1. The number of hydrogen-bond donors (Lipinski definition) is 1. The van der Waals surface area contributed by atoms with Gasteiger partial charge in [0.15, 0.2) is 0 Å². The molecule has 1 aromatic heterocycles. The zero-order valence-electron chi connectivity index (χ0n) is 9.98. The second kappa shape index (κ2) is 4.82. The Balaban J connectivity index is 2.40. The largest absolute Gasteiger partial charge is 0.481 e. The average molecular weight is 326 g/mol. The van der Waals surface area contributed by atoms with Crippen molar-refractivity contribution in [1.29, 1.82) is 0 Å². The molecule has 0 atom stereocenters. The minimum absolute atomic E-state index is 0.593. The summed E-state index contributed by atoms with van der Waals surface area (Å²) < 4.78 is 0.981. The van der Waals surface area contributed by atoms with Crippen molar-refractivity contribution < 1.29 is 9.90 Å². The lowest BCUT2D eigenvalue weighted by Gasteiger charge is -2.15. The first-order chi connectivity index (χ1) is 8.41. The summed E-state index contributed by atoms with van der Waals surface area (Å²) >= 11 is 4.87. The summed E-state index contributed by atoms with van der Waals surface area (Å²) in [6, 6.07) is 7.81. The van der Waals surface area contributed by atoms with Gasteiger partial charge in [-0.1, -0.05) is 28.1 Å². The maximum absolute atomic E-state index is 11.2. The molecule has 1 N–H and O–H groups in total. The third-order valence-electron chi connectivity index (χ3n) is 2.75. The second-order valence-electron chi connectivity index (χ2n) is 4.48. The number of rotatable bonds is 3. The third-order valence-corrected chi connectivity index (χ3v) is 4.14. The number of aromatic nitrogens is 1. The molecule has 0 spiro atoms. The maximum Gasteiger partial charge on any atom is 0.315 e. The number of hydrogen-bond acceptors (Lipinski definition) is 3. The summed E-state index contributed by atoms with van der Waals surface area (Å²) in [5.41, 5.74) is 0.623. The summed E-state index contributed by atoms with van der Waals surface area (Å²) in [5.74, 6) is -0.867.